The number of aliphatic carboxylic acids is 1. The number of amides is 2. The summed E-state index contributed by atoms with van der Waals surface area (Å²) in [6.07, 6.45) is 3.29. The normalized spacial score (nSPS) is 19.5. The van der Waals surface area contributed by atoms with E-state index in [4.69, 9.17) is 16.3 Å². The number of β-lactam (4-membered cyclic amide) rings is 1. The number of carboxylic acid groups (broad SMARTS) is 1. The van der Waals surface area contributed by atoms with Gasteiger partial charge in [-0.25, -0.2) is 9.36 Å². The molecule has 0 aromatic carbocycles. The van der Waals surface area contributed by atoms with E-state index in [1.165, 1.54) is 16.7 Å². The molecule has 0 bridgehead atoms. The van der Waals surface area contributed by atoms with Crippen molar-refractivity contribution in [3.63, 3.8) is 0 Å². The van der Waals surface area contributed by atoms with E-state index in [0.29, 0.717) is 29.9 Å². The summed E-state index contributed by atoms with van der Waals surface area (Å²) in [6.45, 7) is 2.73. The van der Waals surface area contributed by atoms with E-state index in [0.717, 1.165) is 17.0 Å². The lowest BCUT2D eigenvalue weighted by Crippen LogP contribution is -2.71. The number of nitrogens with one attached hydrogen (secondary N) is 1. The number of hydrogen-bond acceptors (Lipinski definition) is 13. The van der Waals surface area contributed by atoms with Crippen LogP contribution in [0.2, 0.25) is 0 Å². The van der Waals surface area contributed by atoms with Gasteiger partial charge in [0.15, 0.2) is 5.13 Å². The van der Waals surface area contributed by atoms with Gasteiger partial charge in [-0.2, -0.15) is 9.36 Å². The minimum absolute atomic E-state index is 0.0408. The molecule has 1 saturated heterocycles. The van der Waals surface area contributed by atoms with Crippen LogP contribution in [-0.4, -0.2) is 93.9 Å². The third kappa shape index (κ3) is 5.65. The number of imidazole rings is 1. The Bertz CT molecular complexity index is 1590. The van der Waals surface area contributed by atoms with E-state index in [2.05, 4.69) is 24.8 Å². The number of carbonyl (C=O) groups is 3. The van der Waals surface area contributed by atoms with Gasteiger partial charge in [0, 0.05) is 35.9 Å². The number of carbonyl (C=O) groups excluding carboxylic acids is 2. The van der Waals surface area contributed by atoms with Crippen LogP contribution >= 0.6 is 23.3 Å². The van der Waals surface area contributed by atoms with Gasteiger partial charge in [-0.3, -0.25) is 14.5 Å². The standard InChI is InChI=1S/C24H28N10O6S2/c1-2-40-30-15(18-29-24(26)42-31-18)20(36)28-16-21(37)34-17(23(38)39)12(10-41-22(16)34)9-32-6-3-4-14-19(32)27-11-33(14)7-5-13(35)8-25/h3-4,6,11,13,16,22,35H,2,5,7-10,25H2,1H3,(H3-,26,28,29,31,36,38,39)/p+1/b30-15-. The number of oxime groups is 1. The highest BCUT2D eigenvalue weighted by Gasteiger charge is 2.54. The summed E-state index contributed by atoms with van der Waals surface area (Å²) in [5, 5.41) is 25.9. The third-order valence-corrected chi connectivity index (χ3v) is 8.56. The molecule has 3 atom stereocenters. The van der Waals surface area contributed by atoms with Gasteiger partial charge in [-0.1, -0.05) is 5.16 Å². The molecular formula is C24H29N10O6S2+. The number of aromatic nitrogens is 5. The van der Waals surface area contributed by atoms with Gasteiger partial charge in [0.05, 0.1) is 12.3 Å². The Hall–Kier alpha value is -4.13. The Morgan fingerprint density at radius 1 is 1.40 bits per heavy atom. The number of carboxylic acids is 1. The second-order valence-corrected chi connectivity index (χ2v) is 11.3. The van der Waals surface area contributed by atoms with Crippen molar-refractivity contribution in [1.29, 1.82) is 0 Å². The SMILES string of the molecule is CCO/N=C(\C(=O)NC1C(=O)N2C(C(=O)O)=C(C[n+]3cccc4c3ncn4CCC(O)CN)CSC12)c1nsc(N)n1. The molecule has 16 nitrogen and oxygen atoms in total. The number of nitrogen functional groups attached to an aromatic ring is 1. The van der Waals surface area contributed by atoms with Gasteiger partial charge in [-0.15, -0.1) is 11.8 Å². The van der Waals surface area contributed by atoms with Crippen LogP contribution in [0.1, 0.15) is 19.2 Å². The number of aryl methyl sites for hydroxylation is 1. The lowest BCUT2D eigenvalue weighted by atomic mass is 10.0. The minimum Gasteiger partial charge on any atom is -0.477 e. The Labute approximate surface area is 247 Å². The summed E-state index contributed by atoms with van der Waals surface area (Å²) < 4.78 is 7.71. The molecule has 0 aliphatic carbocycles. The number of aliphatic hydroxyl groups excluding tert-OH is 1. The first kappa shape index (κ1) is 29.4. The number of rotatable bonds is 12. The van der Waals surface area contributed by atoms with Crippen molar-refractivity contribution in [1.82, 2.24) is 29.1 Å². The molecule has 7 N–H and O–H groups in total. The Balaban J connectivity index is 1.35. The van der Waals surface area contributed by atoms with Crippen LogP contribution in [0.4, 0.5) is 5.13 Å². The molecule has 5 heterocycles. The van der Waals surface area contributed by atoms with E-state index in [1.54, 1.807) is 19.4 Å². The van der Waals surface area contributed by atoms with E-state index >= 15 is 0 Å². The first-order valence-electron chi connectivity index (χ1n) is 12.9. The molecule has 42 heavy (non-hydrogen) atoms. The predicted molar refractivity (Wildman–Crippen MR) is 152 cm³/mol. The monoisotopic (exact) mass is 617 g/mol. The second-order valence-electron chi connectivity index (χ2n) is 9.39. The van der Waals surface area contributed by atoms with Crippen LogP contribution in [0.15, 0.2) is 41.1 Å². The van der Waals surface area contributed by atoms with Crippen molar-refractivity contribution in [2.45, 2.75) is 44.0 Å². The number of anilines is 1. The Morgan fingerprint density at radius 3 is 2.90 bits per heavy atom. The van der Waals surface area contributed by atoms with Gasteiger partial charge in [0.2, 0.25) is 17.9 Å². The lowest BCUT2D eigenvalue weighted by molar-refractivity contribution is -0.664. The highest BCUT2D eigenvalue weighted by Crippen LogP contribution is 2.40. The van der Waals surface area contributed by atoms with Crippen LogP contribution in [0.3, 0.4) is 0 Å². The molecule has 2 aliphatic heterocycles. The van der Waals surface area contributed by atoms with Gasteiger partial charge in [-0.05, 0) is 30.5 Å². The number of aliphatic hydroxyl groups is 1. The summed E-state index contributed by atoms with van der Waals surface area (Å²) in [5.74, 6) is -2.30. The van der Waals surface area contributed by atoms with Crippen LogP contribution in [0.25, 0.3) is 11.2 Å². The number of pyridine rings is 1. The highest BCUT2D eigenvalue weighted by atomic mass is 32.2. The minimum atomic E-state index is -1.25. The molecule has 2 aliphatic rings. The largest absolute Gasteiger partial charge is 0.477 e. The van der Waals surface area contributed by atoms with Gasteiger partial charge in [0.1, 0.15) is 35.8 Å². The van der Waals surface area contributed by atoms with E-state index < -0.39 is 35.3 Å². The van der Waals surface area contributed by atoms with Crippen molar-refractivity contribution >= 4 is 63.1 Å². The smallest absolute Gasteiger partial charge is 0.352 e. The van der Waals surface area contributed by atoms with Crippen molar-refractivity contribution in [2.24, 2.45) is 10.9 Å². The molecule has 1 fully saturated rings. The Morgan fingerprint density at radius 2 is 2.21 bits per heavy atom. The lowest BCUT2D eigenvalue weighted by Gasteiger charge is -2.49. The van der Waals surface area contributed by atoms with Gasteiger partial charge >= 0.3 is 11.6 Å². The second kappa shape index (κ2) is 12.4. The molecule has 5 rings (SSSR count). The van der Waals surface area contributed by atoms with Gasteiger partial charge in [0.25, 0.3) is 11.8 Å². The maximum Gasteiger partial charge on any atom is 0.352 e. The van der Waals surface area contributed by atoms with Crippen LogP contribution < -0.4 is 21.4 Å². The van der Waals surface area contributed by atoms with Crippen LogP contribution in [0, 0.1) is 0 Å². The topological polar surface area (TPSA) is 228 Å². The maximum atomic E-state index is 13.2. The van der Waals surface area contributed by atoms with Crippen molar-refractivity contribution in [3.8, 4) is 0 Å². The molecule has 3 unspecified atom stereocenters. The average Bonchev–Trinajstić information content (AvgIpc) is 3.60. The van der Waals surface area contributed by atoms with E-state index in [1.807, 2.05) is 21.3 Å². The zero-order valence-corrected chi connectivity index (χ0v) is 24.0. The van der Waals surface area contributed by atoms with E-state index in [-0.39, 0.29) is 42.1 Å². The quantitative estimate of drug-likeness (QED) is 0.0688. The van der Waals surface area contributed by atoms with Crippen molar-refractivity contribution < 1.29 is 34.0 Å². The molecule has 3 aromatic heterocycles. The summed E-state index contributed by atoms with van der Waals surface area (Å²) >= 11 is 2.22. The molecule has 2 amide bonds. The molecule has 222 valence electrons. The first-order valence-corrected chi connectivity index (χ1v) is 14.8. The summed E-state index contributed by atoms with van der Waals surface area (Å²) in [4.78, 5) is 53.4. The fourth-order valence-corrected chi connectivity index (χ4v) is 6.43. The third-order valence-electron chi connectivity index (χ3n) is 6.68. The molecule has 0 radical (unpaired) electrons. The fourth-order valence-electron chi connectivity index (χ4n) is 4.66. The maximum absolute atomic E-state index is 13.2. The molecular weight excluding hydrogens is 588 g/mol. The number of nitrogens with zero attached hydrogens (tertiary/aromatic N) is 7. The molecule has 18 heteroatoms. The molecule has 0 saturated carbocycles. The summed E-state index contributed by atoms with van der Waals surface area (Å²) in [7, 11) is 0. The summed E-state index contributed by atoms with van der Waals surface area (Å²) in [5.41, 5.74) is 12.7. The van der Waals surface area contributed by atoms with E-state index in [9.17, 15) is 24.6 Å². The van der Waals surface area contributed by atoms with Crippen molar-refractivity contribution in [2.75, 3.05) is 24.6 Å². The number of thioether (sulfide) groups is 1. The predicted octanol–water partition coefficient (Wildman–Crippen LogP) is -1.35. The first-order chi connectivity index (χ1) is 20.2. The Kier molecular flexibility index (Phi) is 8.66. The highest BCUT2D eigenvalue weighted by molar-refractivity contribution is 8.00. The molecule has 3 aromatic rings. The van der Waals surface area contributed by atoms with Gasteiger partial charge < -0.3 is 36.4 Å². The van der Waals surface area contributed by atoms with Crippen LogP contribution in [0.5, 0.6) is 0 Å². The number of fused-ring (bicyclic) bond motifs is 2. The zero-order valence-electron chi connectivity index (χ0n) is 22.4. The zero-order chi connectivity index (χ0) is 30.0. The fraction of sp³-hybridized carbons (Fsp3) is 0.417. The average molecular weight is 618 g/mol. The van der Waals surface area contributed by atoms with Crippen LogP contribution in [-0.2, 0) is 32.3 Å². The summed E-state index contributed by atoms with van der Waals surface area (Å²) in [6, 6.07) is 2.72. The number of hydrogen-bond donors (Lipinski definition) is 5. The van der Waals surface area contributed by atoms with Crippen molar-refractivity contribution in [3.05, 3.63) is 41.8 Å². The molecule has 0 spiro atoms. The number of nitrogens with two attached hydrogens (primary N) is 2.